The molecule has 1 N–H and O–H groups in total. The molecule has 1 aromatic carbocycles. The monoisotopic (exact) mass is 243 g/mol. The molecule has 17 heavy (non-hydrogen) atoms. The van der Waals surface area contributed by atoms with E-state index in [1.165, 1.54) is 18.2 Å². The van der Waals surface area contributed by atoms with Gasteiger partial charge in [0, 0.05) is 19.5 Å². The Hall–Kier alpha value is -1.36. The molecule has 0 spiro atoms. The maximum atomic E-state index is 12.8. The lowest BCUT2D eigenvalue weighted by atomic mass is 9.87. The number of halogens is 3. The summed E-state index contributed by atoms with van der Waals surface area (Å²) in [5, 5.41) is 2.95. The standard InChI is InChI=1S/C12H12F3NO/c13-12(14,15)10-4-2-1-3-8(10)9-7-16-6-5-11(9)17/h1-4,9,16H,5-7H2. The fraction of sp³-hybridized carbons (Fsp3) is 0.417. The minimum absolute atomic E-state index is 0.0807. The zero-order valence-electron chi connectivity index (χ0n) is 9.05. The summed E-state index contributed by atoms with van der Waals surface area (Å²) < 4.78 is 38.4. The second-order valence-electron chi connectivity index (χ2n) is 4.06. The van der Waals surface area contributed by atoms with Crippen LogP contribution in [0, 0.1) is 0 Å². The van der Waals surface area contributed by atoms with Crippen molar-refractivity contribution in [1.29, 1.82) is 0 Å². The van der Waals surface area contributed by atoms with E-state index in [1.807, 2.05) is 0 Å². The van der Waals surface area contributed by atoms with E-state index >= 15 is 0 Å². The van der Waals surface area contributed by atoms with Gasteiger partial charge in [0.1, 0.15) is 5.78 Å². The Kier molecular flexibility index (Phi) is 3.19. The van der Waals surface area contributed by atoms with Crippen LogP contribution < -0.4 is 5.32 Å². The lowest BCUT2D eigenvalue weighted by Crippen LogP contribution is -2.36. The van der Waals surface area contributed by atoms with Crippen molar-refractivity contribution >= 4 is 5.78 Å². The van der Waals surface area contributed by atoms with Gasteiger partial charge >= 0.3 is 6.18 Å². The van der Waals surface area contributed by atoms with E-state index < -0.39 is 17.7 Å². The summed E-state index contributed by atoms with van der Waals surface area (Å²) in [6, 6.07) is 5.29. The molecule has 1 saturated heterocycles. The van der Waals surface area contributed by atoms with Crippen molar-refractivity contribution in [1.82, 2.24) is 5.32 Å². The molecular weight excluding hydrogens is 231 g/mol. The van der Waals surface area contributed by atoms with Gasteiger partial charge in [-0.05, 0) is 11.6 Å². The Labute approximate surface area is 96.8 Å². The SMILES string of the molecule is O=C1CCNCC1c1ccccc1C(F)(F)F. The molecule has 0 bridgehead atoms. The van der Waals surface area contributed by atoms with Crippen LogP contribution in [-0.4, -0.2) is 18.9 Å². The number of Topliss-reactive ketones (excluding diaryl/α,β-unsaturated/α-hetero) is 1. The molecule has 1 aliphatic rings. The maximum Gasteiger partial charge on any atom is 0.416 e. The van der Waals surface area contributed by atoms with E-state index in [9.17, 15) is 18.0 Å². The van der Waals surface area contributed by atoms with Crippen LogP contribution in [0.4, 0.5) is 13.2 Å². The number of carbonyl (C=O) groups is 1. The number of piperidine rings is 1. The average molecular weight is 243 g/mol. The number of carbonyl (C=O) groups excluding carboxylic acids is 1. The Bertz CT molecular complexity index is 428. The normalized spacial score (nSPS) is 21.6. The number of benzene rings is 1. The minimum atomic E-state index is -4.41. The summed E-state index contributed by atoms with van der Waals surface area (Å²) in [6.45, 7) is 0.829. The van der Waals surface area contributed by atoms with Crippen molar-refractivity contribution in [2.45, 2.75) is 18.5 Å². The fourth-order valence-electron chi connectivity index (χ4n) is 2.09. The zero-order chi connectivity index (χ0) is 12.5. The molecule has 1 atom stereocenters. The van der Waals surface area contributed by atoms with Crippen molar-refractivity contribution in [3.8, 4) is 0 Å². The maximum absolute atomic E-state index is 12.8. The molecule has 0 aliphatic carbocycles. The van der Waals surface area contributed by atoms with E-state index in [0.29, 0.717) is 6.54 Å². The Balaban J connectivity index is 2.41. The number of alkyl halides is 3. The molecule has 1 aromatic rings. The first-order chi connectivity index (χ1) is 8.00. The molecule has 0 aromatic heterocycles. The summed E-state index contributed by atoms with van der Waals surface area (Å²) in [5.41, 5.74) is -0.626. The summed E-state index contributed by atoms with van der Waals surface area (Å²) in [4.78, 5) is 11.7. The van der Waals surface area contributed by atoms with E-state index in [4.69, 9.17) is 0 Å². The second kappa shape index (κ2) is 4.49. The molecular formula is C12H12F3NO. The molecule has 1 aliphatic heterocycles. The van der Waals surface area contributed by atoms with Gasteiger partial charge in [-0.3, -0.25) is 4.79 Å². The van der Waals surface area contributed by atoms with Gasteiger partial charge in [0.15, 0.2) is 0 Å². The van der Waals surface area contributed by atoms with Crippen LogP contribution in [0.1, 0.15) is 23.5 Å². The predicted molar refractivity (Wildman–Crippen MR) is 56.7 cm³/mol. The third-order valence-electron chi connectivity index (χ3n) is 2.93. The van der Waals surface area contributed by atoms with Crippen molar-refractivity contribution in [3.05, 3.63) is 35.4 Å². The lowest BCUT2D eigenvalue weighted by molar-refractivity contribution is -0.138. The summed E-state index contributed by atoms with van der Waals surface area (Å²) in [5.74, 6) is -0.804. The number of hydrogen-bond acceptors (Lipinski definition) is 2. The van der Waals surface area contributed by atoms with Gasteiger partial charge < -0.3 is 5.32 Å². The number of nitrogens with one attached hydrogen (secondary N) is 1. The largest absolute Gasteiger partial charge is 0.416 e. The molecule has 0 radical (unpaired) electrons. The first-order valence-corrected chi connectivity index (χ1v) is 5.39. The van der Waals surface area contributed by atoms with Crippen molar-refractivity contribution in [3.63, 3.8) is 0 Å². The average Bonchev–Trinajstić information content (AvgIpc) is 2.28. The summed E-state index contributed by atoms with van der Waals surface area (Å²) in [6.07, 6.45) is -4.12. The van der Waals surface area contributed by atoms with Gasteiger partial charge in [-0.25, -0.2) is 0 Å². The smallest absolute Gasteiger partial charge is 0.315 e. The number of hydrogen-bond donors (Lipinski definition) is 1. The Morgan fingerprint density at radius 1 is 1.24 bits per heavy atom. The molecule has 92 valence electrons. The molecule has 1 fully saturated rings. The van der Waals surface area contributed by atoms with Gasteiger partial charge in [0.05, 0.1) is 11.5 Å². The molecule has 0 amide bonds. The topological polar surface area (TPSA) is 29.1 Å². The van der Waals surface area contributed by atoms with Gasteiger partial charge in [0.2, 0.25) is 0 Å². The van der Waals surface area contributed by atoms with Crippen molar-refractivity contribution < 1.29 is 18.0 Å². The highest BCUT2D eigenvalue weighted by Gasteiger charge is 2.37. The quantitative estimate of drug-likeness (QED) is 0.820. The third-order valence-corrected chi connectivity index (χ3v) is 2.93. The van der Waals surface area contributed by atoms with E-state index in [-0.39, 0.29) is 24.3 Å². The number of rotatable bonds is 1. The van der Waals surface area contributed by atoms with E-state index in [1.54, 1.807) is 0 Å². The van der Waals surface area contributed by atoms with Gasteiger partial charge in [0.25, 0.3) is 0 Å². The van der Waals surface area contributed by atoms with Crippen LogP contribution in [0.5, 0.6) is 0 Å². The molecule has 0 saturated carbocycles. The molecule has 2 rings (SSSR count). The lowest BCUT2D eigenvalue weighted by Gasteiger charge is -2.24. The van der Waals surface area contributed by atoms with Crippen LogP contribution in [0.2, 0.25) is 0 Å². The third kappa shape index (κ3) is 2.49. The number of ketones is 1. The van der Waals surface area contributed by atoms with E-state index in [0.717, 1.165) is 6.07 Å². The fourth-order valence-corrected chi connectivity index (χ4v) is 2.09. The molecule has 1 heterocycles. The minimum Gasteiger partial charge on any atom is -0.315 e. The van der Waals surface area contributed by atoms with Crippen LogP contribution in [-0.2, 0) is 11.0 Å². The summed E-state index contributed by atoms with van der Waals surface area (Å²) in [7, 11) is 0. The highest BCUT2D eigenvalue weighted by atomic mass is 19.4. The van der Waals surface area contributed by atoms with Gasteiger partial charge in [-0.2, -0.15) is 13.2 Å². The molecule has 5 heteroatoms. The van der Waals surface area contributed by atoms with Crippen molar-refractivity contribution in [2.75, 3.05) is 13.1 Å². The first-order valence-electron chi connectivity index (χ1n) is 5.39. The second-order valence-corrected chi connectivity index (χ2v) is 4.06. The Morgan fingerprint density at radius 2 is 1.94 bits per heavy atom. The first kappa shape index (κ1) is 12.1. The van der Waals surface area contributed by atoms with Crippen LogP contribution in [0.15, 0.2) is 24.3 Å². The highest BCUT2D eigenvalue weighted by molar-refractivity contribution is 5.87. The van der Waals surface area contributed by atoms with Crippen LogP contribution in [0.25, 0.3) is 0 Å². The highest BCUT2D eigenvalue weighted by Crippen LogP contribution is 2.35. The predicted octanol–water partition coefficient (Wildman–Crippen LogP) is 2.35. The van der Waals surface area contributed by atoms with Crippen LogP contribution >= 0.6 is 0 Å². The zero-order valence-corrected chi connectivity index (χ0v) is 9.05. The Morgan fingerprint density at radius 3 is 2.59 bits per heavy atom. The van der Waals surface area contributed by atoms with E-state index in [2.05, 4.69) is 5.32 Å². The van der Waals surface area contributed by atoms with Crippen LogP contribution in [0.3, 0.4) is 0 Å². The van der Waals surface area contributed by atoms with Gasteiger partial charge in [-0.15, -0.1) is 0 Å². The molecule has 2 nitrogen and oxygen atoms in total. The molecule has 1 unspecified atom stereocenters. The van der Waals surface area contributed by atoms with Crippen molar-refractivity contribution in [2.24, 2.45) is 0 Å². The summed E-state index contributed by atoms with van der Waals surface area (Å²) >= 11 is 0. The van der Waals surface area contributed by atoms with Gasteiger partial charge in [-0.1, -0.05) is 18.2 Å².